The molecule has 0 atom stereocenters. The van der Waals surface area contributed by atoms with Gasteiger partial charge in [0.05, 0.1) is 21.9 Å². The van der Waals surface area contributed by atoms with Crippen LogP contribution in [0.1, 0.15) is 53.5 Å². The van der Waals surface area contributed by atoms with Gasteiger partial charge in [-0.25, -0.2) is 0 Å². The molecule has 2 aromatic heterocycles. The van der Waals surface area contributed by atoms with Crippen molar-refractivity contribution in [1.82, 2.24) is 10.2 Å². The number of aromatic nitrogens is 2. The Labute approximate surface area is 189 Å². The van der Waals surface area contributed by atoms with Gasteiger partial charge in [-0.05, 0) is 85.1 Å². The summed E-state index contributed by atoms with van der Waals surface area (Å²) in [6.45, 7) is 0. The highest BCUT2D eigenvalue weighted by molar-refractivity contribution is 7.99. The molecule has 0 bridgehead atoms. The smallest absolute Gasteiger partial charge is 0.277 e. The Kier molecular flexibility index (Phi) is 5.79. The number of nitriles is 1. The van der Waals surface area contributed by atoms with Crippen molar-refractivity contribution in [2.75, 3.05) is 11.1 Å². The highest BCUT2D eigenvalue weighted by Gasteiger charge is 2.27. The minimum atomic E-state index is -0.152. The molecule has 2 aliphatic carbocycles. The molecule has 0 unspecified atom stereocenters. The van der Waals surface area contributed by atoms with Gasteiger partial charge in [0.25, 0.3) is 11.1 Å². The van der Waals surface area contributed by atoms with Gasteiger partial charge in [-0.2, -0.15) is 5.26 Å². The van der Waals surface area contributed by atoms with Crippen LogP contribution in [0.5, 0.6) is 0 Å². The molecule has 5 rings (SSSR count). The van der Waals surface area contributed by atoms with E-state index in [1.54, 1.807) is 0 Å². The number of fused-ring (bicyclic) bond motifs is 3. The third kappa shape index (κ3) is 4.00. The average molecular weight is 451 g/mol. The van der Waals surface area contributed by atoms with Gasteiger partial charge >= 0.3 is 0 Å². The molecule has 1 aromatic carbocycles. The van der Waals surface area contributed by atoms with Crippen LogP contribution in [0.3, 0.4) is 0 Å². The molecular weight excluding hydrogens is 428 g/mol. The Balaban J connectivity index is 1.36. The van der Waals surface area contributed by atoms with Crippen molar-refractivity contribution in [2.45, 2.75) is 56.6 Å². The van der Waals surface area contributed by atoms with Crippen LogP contribution in [0.15, 0.2) is 27.2 Å². The van der Waals surface area contributed by atoms with E-state index >= 15 is 0 Å². The topological polar surface area (TPSA) is 91.8 Å². The summed E-state index contributed by atoms with van der Waals surface area (Å²) in [7, 11) is 0. The average Bonchev–Trinajstić information content (AvgIpc) is 3.50. The first-order valence-corrected chi connectivity index (χ1v) is 12.5. The Morgan fingerprint density at radius 2 is 1.81 bits per heavy atom. The quantitative estimate of drug-likeness (QED) is 0.540. The zero-order valence-electron chi connectivity index (χ0n) is 17.1. The van der Waals surface area contributed by atoms with Crippen molar-refractivity contribution in [3.63, 3.8) is 0 Å². The summed E-state index contributed by atoms with van der Waals surface area (Å²) in [6, 6.07) is 6.26. The van der Waals surface area contributed by atoms with E-state index in [0.717, 1.165) is 54.7 Å². The molecule has 0 aliphatic heterocycles. The number of amides is 1. The van der Waals surface area contributed by atoms with E-state index in [0.29, 0.717) is 16.7 Å². The highest BCUT2D eigenvalue weighted by Crippen LogP contribution is 2.40. The second-order valence-corrected chi connectivity index (χ2v) is 9.75. The number of nitrogens with zero attached hydrogens (tertiary/aromatic N) is 3. The molecule has 0 saturated heterocycles. The Bertz CT molecular complexity index is 1160. The standard InChI is InChI=1S/C23H22N4O2S2/c24-12-18-16-8-2-1-6-14(16)15-7-3-4-9-17(15)21(18)25-20(28)13-31-23-27-26-22(29-23)19-10-5-11-30-19/h5,10-11H,1-4,6-9,13H2,(H,25,28). The third-order valence-electron chi connectivity index (χ3n) is 5.99. The molecule has 0 spiro atoms. The molecule has 158 valence electrons. The van der Waals surface area contributed by atoms with Crippen molar-refractivity contribution in [1.29, 1.82) is 5.26 Å². The van der Waals surface area contributed by atoms with Crippen molar-refractivity contribution in [3.8, 4) is 16.8 Å². The number of carbonyl (C=O) groups excluding carboxylic acids is 1. The van der Waals surface area contributed by atoms with Crippen LogP contribution in [0, 0.1) is 11.3 Å². The maximum absolute atomic E-state index is 12.8. The van der Waals surface area contributed by atoms with Gasteiger partial charge in [-0.3, -0.25) is 4.79 Å². The van der Waals surface area contributed by atoms with Gasteiger partial charge in [-0.15, -0.1) is 21.5 Å². The molecule has 0 fully saturated rings. The number of hydrogen-bond donors (Lipinski definition) is 1. The molecule has 1 amide bonds. The van der Waals surface area contributed by atoms with E-state index in [-0.39, 0.29) is 11.7 Å². The number of carbonyl (C=O) groups is 1. The Morgan fingerprint density at radius 1 is 1.10 bits per heavy atom. The van der Waals surface area contributed by atoms with Crippen molar-refractivity contribution < 1.29 is 9.21 Å². The minimum Gasteiger partial charge on any atom is -0.410 e. The van der Waals surface area contributed by atoms with E-state index < -0.39 is 0 Å². The molecule has 3 aromatic rings. The van der Waals surface area contributed by atoms with Crippen molar-refractivity contribution in [3.05, 3.63) is 45.3 Å². The number of thioether (sulfide) groups is 1. The monoisotopic (exact) mass is 450 g/mol. The molecule has 31 heavy (non-hydrogen) atoms. The predicted octanol–water partition coefficient (Wildman–Crippen LogP) is 5.16. The van der Waals surface area contributed by atoms with Gasteiger partial charge in [-0.1, -0.05) is 17.8 Å². The van der Waals surface area contributed by atoms with Gasteiger partial charge < -0.3 is 9.73 Å². The highest BCUT2D eigenvalue weighted by atomic mass is 32.2. The third-order valence-corrected chi connectivity index (χ3v) is 7.67. The molecule has 6 nitrogen and oxygen atoms in total. The number of anilines is 1. The summed E-state index contributed by atoms with van der Waals surface area (Å²) in [5.41, 5.74) is 6.53. The SMILES string of the molecule is N#Cc1c2c(c3c(c1NC(=O)CSc1nnc(-c4cccs4)o1)CCCC3)CCCC2. The van der Waals surface area contributed by atoms with Crippen molar-refractivity contribution >= 4 is 34.7 Å². The van der Waals surface area contributed by atoms with Gasteiger partial charge in [0.15, 0.2) is 0 Å². The fraction of sp³-hybridized carbons (Fsp3) is 0.391. The molecule has 8 heteroatoms. The predicted molar refractivity (Wildman–Crippen MR) is 121 cm³/mol. The Hall–Kier alpha value is -2.63. The van der Waals surface area contributed by atoms with Gasteiger partial charge in [0.1, 0.15) is 6.07 Å². The first-order valence-electron chi connectivity index (χ1n) is 10.6. The molecule has 2 heterocycles. The fourth-order valence-corrected chi connectivity index (χ4v) is 5.87. The van der Waals surface area contributed by atoms with Crippen LogP contribution >= 0.6 is 23.1 Å². The number of benzene rings is 1. The van der Waals surface area contributed by atoms with E-state index in [4.69, 9.17) is 4.42 Å². The first-order chi connectivity index (χ1) is 15.2. The molecule has 0 radical (unpaired) electrons. The fourth-order valence-electron chi connectivity index (χ4n) is 4.66. The number of hydrogen-bond acceptors (Lipinski definition) is 7. The van der Waals surface area contributed by atoms with Crippen LogP contribution in [0.2, 0.25) is 0 Å². The lowest BCUT2D eigenvalue weighted by Gasteiger charge is -2.29. The summed E-state index contributed by atoms with van der Waals surface area (Å²) in [5.74, 6) is 0.470. The van der Waals surface area contributed by atoms with E-state index in [9.17, 15) is 10.1 Å². The summed E-state index contributed by atoms with van der Waals surface area (Å²) in [5, 5.41) is 23.4. The molecule has 2 aliphatic rings. The number of thiophene rings is 1. The van der Waals surface area contributed by atoms with Crippen LogP contribution in [0.25, 0.3) is 10.8 Å². The number of rotatable bonds is 5. The van der Waals surface area contributed by atoms with E-state index in [1.807, 2.05) is 17.5 Å². The molecular formula is C23H22N4O2S2. The lowest BCUT2D eigenvalue weighted by molar-refractivity contribution is -0.113. The second kappa shape index (κ2) is 8.85. The minimum absolute atomic E-state index is 0.152. The van der Waals surface area contributed by atoms with Crippen LogP contribution < -0.4 is 5.32 Å². The van der Waals surface area contributed by atoms with Crippen LogP contribution in [-0.2, 0) is 30.5 Å². The van der Waals surface area contributed by atoms with Gasteiger partial charge in [0.2, 0.25) is 5.91 Å². The normalized spacial score (nSPS) is 15.1. The number of nitrogens with one attached hydrogen (secondary N) is 1. The summed E-state index contributed by atoms with van der Waals surface area (Å²) >= 11 is 2.74. The zero-order valence-corrected chi connectivity index (χ0v) is 18.7. The lowest BCUT2D eigenvalue weighted by atomic mass is 9.77. The van der Waals surface area contributed by atoms with Crippen LogP contribution in [-0.4, -0.2) is 21.9 Å². The summed E-state index contributed by atoms with van der Waals surface area (Å²) in [6.07, 6.45) is 8.52. The largest absolute Gasteiger partial charge is 0.410 e. The van der Waals surface area contributed by atoms with Crippen molar-refractivity contribution in [2.24, 2.45) is 0 Å². The summed E-state index contributed by atoms with van der Waals surface area (Å²) < 4.78 is 5.66. The maximum atomic E-state index is 12.8. The van der Waals surface area contributed by atoms with E-state index in [1.165, 1.54) is 52.6 Å². The van der Waals surface area contributed by atoms with Gasteiger partial charge in [0, 0.05) is 0 Å². The zero-order chi connectivity index (χ0) is 21.2. The lowest BCUT2D eigenvalue weighted by Crippen LogP contribution is -2.22. The van der Waals surface area contributed by atoms with E-state index in [2.05, 4.69) is 21.6 Å². The maximum Gasteiger partial charge on any atom is 0.277 e. The first kappa shape index (κ1) is 20.3. The molecule has 0 saturated carbocycles. The van der Waals surface area contributed by atoms with Crippen LogP contribution in [0.4, 0.5) is 5.69 Å². The second-order valence-electron chi connectivity index (χ2n) is 7.88. The summed E-state index contributed by atoms with van der Waals surface area (Å²) in [4.78, 5) is 13.7. The molecule has 1 N–H and O–H groups in total. The Morgan fingerprint density at radius 3 is 2.52 bits per heavy atom.